The lowest BCUT2D eigenvalue weighted by atomic mass is 10.1. The molecule has 0 aliphatic carbocycles. The van der Waals surface area contributed by atoms with E-state index in [0.717, 1.165) is 11.1 Å². The maximum Gasteiger partial charge on any atom is 0.355 e. The molecule has 0 aliphatic heterocycles. The van der Waals surface area contributed by atoms with Gasteiger partial charge in [-0.2, -0.15) is 0 Å². The van der Waals surface area contributed by atoms with Gasteiger partial charge in [0.25, 0.3) is 5.91 Å². The van der Waals surface area contributed by atoms with E-state index >= 15 is 0 Å². The van der Waals surface area contributed by atoms with Gasteiger partial charge in [-0.15, -0.1) is 0 Å². The lowest BCUT2D eigenvalue weighted by Gasteiger charge is -2.11. The van der Waals surface area contributed by atoms with Gasteiger partial charge in [-0.3, -0.25) is 25.8 Å². The number of aryl methyl sites for hydroxylation is 2. The molecule has 0 saturated heterocycles. The number of carbonyl (C=O) groups excluding carboxylic acids is 1. The Labute approximate surface area is 161 Å². The summed E-state index contributed by atoms with van der Waals surface area (Å²) in [5.74, 6) is -0.563. The summed E-state index contributed by atoms with van der Waals surface area (Å²) in [6.07, 6.45) is 1.17. The molecule has 2 aromatic carbocycles. The topological polar surface area (TPSA) is 122 Å². The zero-order valence-electron chi connectivity index (χ0n) is 15.3. The highest BCUT2D eigenvalue weighted by atomic mass is 16.6. The number of nitro groups is 1. The van der Waals surface area contributed by atoms with Crippen molar-refractivity contribution in [2.45, 2.75) is 13.8 Å². The number of aromatic nitrogens is 2. The molecule has 0 bridgehead atoms. The third-order valence-corrected chi connectivity index (χ3v) is 3.93. The first kappa shape index (κ1) is 18.8. The van der Waals surface area contributed by atoms with Crippen LogP contribution < -0.4 is 16.2 Å². The summed E-state index contributed by atoms with van der Waals surface area (Å²) < 4.78 is 0. The lowest BCUT2D eigenvalue weighted by molar-refractivity contribution is -0.383. The van der Waals surface area contributed by atoms with Crippen LogP contribution in [0.4, 0.5) is 23.0 Å². The summed E-state index contributed by atoms with van der Waals surface area (Å²) >= 11 is 0. The molecule has 3 rings (SSSR count). The van der Waals surface area contributed by atoms with Crippen molar-refractivity contribution >= 4 is 28.9 Å². The number of rotatable bonds is 6. The first-order valence-electron chi connectivity index (χ1n) is 8.40. The Morgan fingerprint density at radius 2 is 1.50 bits per heavy atom. The second-order valence-electron chi connectivity index (χ2n) is 6.11. The van der Waals surface area contributed by atoms with Crippen molar-refractivity contribution < 1.29 is 9.72 Å². The van der Waals surface area contributed by atoms with Gasteiger partial charge in [0, 0.05) is 11.3 Å². The summed E-state index contributed by atoms with van der Waals surface area (Å²) in [5.41, 5.74) is 7.67. The average molecular weight is 378 g/mol. The molecule has 0 atom stereocenters. The van der Waals surface area contributed by atoms with E-state index in [2.05, 4.69) is 26.1 Å². The number of nitrogens with zero attached hydrogens (tertiary/aromatic N) is 3. The Morgan fingerprint density at radius 3 is 2.11 bits per heavy atom. The van der Waals surface area contributed by atoms with E-state index in [1.54, 1.807) is 36.4 Å². The molecule has 0 spiro atoms. The summed E-state index contributed by atoms with van der Waals surface area (Å²) in [4.78, 5) is 31.0. The first-order valence-corrected chi connectivity index (χ1v) is 8.40. The van der Waals surface area contributed by atoms with Gasteiger partial charge in [0.2, 0.25) is 11.6 Å². The normalized spacial score (nSPS) is 10.2. The van der Waals surface area contributed by atoms with E-state index in [1.165, 1.54) is 6.33 Å². The second kappa shape index (κ2) is 8.12. The summed E-state index contributed by atoms with van der Waals surface area (Å²) in [6.45, 7) is 3.85. The maximum absolute atomic E-state index is 12.2. The minimum Gasteiger partial charge on any atom is -0.334 e. The zero-order valence-corrected chi connectivity index (χ0v) is 15.3. The largest absolute Gasteiger partial charge is 0.355 e. The van der Waals surface area contributed by atoms with Crippen LogP contribution in [0.1, 0.15) is 21.5 Å². The number of hydrogen-bond acceptors (Lipinski definition) is 7. The van der Waals surface area contributed by atoms with Gasteiger partial charge in [0.05, 0.1) is 4.92 Å². The fourth-order valence-electron chi connectivity index (χ4n) is 2.40. The van der Waals surface area contributed by atoms with Crippen molar-refractivity contribution in [1.82, 2.24) is 15.4 Å². The van der Waals surface area contributed by atoms with Crippen LogP contribution in [0.5, 0.6) is 0 Å². The van der Waals surface area contributed by atoms with Crippen LogP contribution in [0.15, 0.2) is 54.9 Å². The molecule has 3 N–H and O–H groups in total. The van der Waals surface area contributed by atoms with Gasteiger partial charge in [0.15, 0.2) is 0 Å². The Morgan fingerprint density at radius 1 is 0.929 bits per heavy atom. The van der Waals surface area contributed by atoms with E-state index in [4.69, 9.17) is 0 Å². The van der Waals surface area contributed by atoms with E-state index in [9.17, 15) is 14.9 Å². The molecule has 9 nitrogen and oxygen atoms in total. The average Bonchev–Trinajstić information content (AvgIpc) is 2.68. The molecule has 0 radical (unpaired) electrons. The van der Waals surface area contributed by atoms with E-state index in [1.807, 2.05) is 26.0 Å². The van der Waals surface area contributed by atoms with Crippen molar-refractivity contribution in [3.8, 4) is 0 Å². The molecule has 1 aromatic heterocycles. The molecule has 0 saturated carbocycles. The molecule has 0 unspecified atom stereocenters. The third kappa shape index (κ3) is 4.39. The van der Waals surface area contributed by atoms with Crippen LogP contribution >= 0.6 is 0 Å². The number of nitrogens with one attached hydrogen (secondary N) is 3. The Hall–Kier alpha value is -4.01. The van der Waals surface area contributed by atoms with E-state index < -0.39 is 10.8 Å². The van der Waals surface area contributed by atoms with Gasteiger partial charge >= 0.3 is 5.69 Å². The number of carbonyl (C=O) groups is 1. The standard InChI is InChI=1S/C19H18N6O3/c1-12-3-7-14(8-4-12)19(26)24-23-18-16(25(27)28)17(20-11-21-18)22-15-9-5-13(2)6-10-15/h3-11H,1-2H3,(H,24,26)(H2,20,21,22,23). The molecule has 28 heavy (non-hydrogen) atoms. The Kier molecular flexibility index (Phi) is 5.45. The van der Waals surface area contributed by atoms with Crippen LogP contribution in [0, 0.1) is 24.0 Å². The summed E-state index contributed by atoms with van der Waals surface area (Å²) in [7, 11) is 0. The molecule has 142 valence electrons. The highest BCUT2D eigenvalue weighted by Gasteiger charge is 2.23. The van der Waals surface area contributed by atoms with E-state index in [-0.39, 0.29) is 17.3 Å². The predicted molar refractivity (Wildman–Crippen MR) is 105 cm³/mol. The smallest absolute Gasteiger partial charge is 0.334 e. The summed E-state index contributed by atoms with van der Waals surface area (Å²) in [5, 5.41) is 14.5. The molecule has 9 heteroatoms. The van der Waals surface area contributed by atoms with Gasteiger partial charge in [-0.05, 0) is 38.1 Å². The lowest BCUT2D eigenvalue weighted by Crippen LogP contribution is -2.30. The van der Waals surface area contributed by atoms with Crippen LogP contribution in [0.25, 0.3) is 0 Å². The molecule has 3 aromatic rings. The van der Waals surface area contributed by atoms with Gasteiger partial charge in [-0.25, -0.2) is 9.97 Å². The predicted octanol–water partition coefficient (Wildman–Crippen LogP) is 3.50. The second-order valence-corrected chi connectivity index (χ2v) is 6.11. The quantitative estimate of drug-likeness (QED) is 0.443. The maximum atomic E-state index is 12.2. The number of anilines is 3. The third-order valence-electron chi connectivity index (χ3n) is 3.93. The highest BCUT2D eigenvalue weighted by molar-refractivity contribution is 5.95. The minimum atomic E-state index is -0.614. The monoisotopic (exact) mass is 378 g/mol. The Balaban J connectivity index is 1.80. The molecule has 0 fully saturated rings. The van der Waals surface area contributed by atoms with Gasteiger partial charge in [-0.1, -0.05) is 35.4 Å². The number of hydrogen-bond donors (Lipinski definition) is 3. The number of hydrazine groups is 1. The molecular weight excluding hydrogens is 360 g/mol. The Bertz CT molecular complexity index is 1000. The zero-order chi connectivity index (χ0) is 20.1. The van der Waals surface area contributed by atoms with Crippen molar-refractivity contribution in [2.75, 3.05) is 10.7 Å². The van der Waals surface area contributed by atoms with E-state index in [0.29, 0.717) is 11.3 Å². The fraction of sp³-hybridized carbons (Fsp3) is 0.105. The van der Waals surface area contributed by atoms with Gasteiger partial charge < -0.3 is 5.32 Å². The molecule has 1 heterocycles. The van der Waals surface area contributed by atoms with Crippen molar-refractivity contribution in [2.24, 2.45) is 0 Å². The van der Waals surface area contributed by atoms with Crippen LogP contribution in [-0.2, 0) is 0 Å². The van der Waals surface area contributed by atoms with Gasteiger partial charge in [0.1, 0.15) is 6.33 Å². The van der Waals surface area contributed by atoms with Crippen LogP contribution in [-0.4, -0.2) is 20.8 Å². The van der Waals surface area contributed by atoms with Crippen molar-refractivity contribution in [3.63, 3.8) is 0 Å². The summed E-state index contributed by atoms with van der Waals surface area (Å²) in [6, 6.07) is 14.2. The number of amides is 1. The fourth-order valence-corrected chi connectivity index (χ4v) is 2.40. The van der Waals surface area contributed by atoms with Crippen molar-refractivity contribution in [1.29, 1.82) is 0 Å². The van der Waals surface area contributed by atoms with Crippen molar-refractivity contribution in [3.05, 3.63) is 81.7 Å². The molecule has 1 amide bonds. The number of benzene rings is 2. The SMILES string of the molecule is Cc1ccc(Nc2ncnc(NNC(=O)c3ccc(C)cc3)c2[N+](=O)[O-])cc1. The van der Waals surface area contributed by atoms with Crippen LogP contribution in [0.3, 0.4) is 0 Å². The highest BCUT2D eigenvalue weighted by Crippen LogP contribution is 2.30. The molecular formula is C19H18N6O3. The van der Waals surface area contributed by atoms with Crippen LogP contribution in [0.2, 0.25) is 0 Å². The molecule has 0 aliphatic rings. The minimum absolute atomic E-state index is 0.0101. The first-order chi connectivity index (χ1) is 13.4.